The van der Waals surface area contributed by atoms with E-state index in [0.717, 1.165) is 47.5 Å². The molecule has 1 N–H and O–H groups in total. The van der Waals surface area contributed by atoms with E-state index in [1.807, 2.05) is 19.1 Å². The molecule has 0 heterocycles. The highest BCUT2D eigenvalue weighted by molar-refractivity contribution is 7.92. The van der Waals surface area contributed by atoms with Gasteiger partial charge in [0.15, 0.2) is 0 Å². The average molecular weight is 659 g/mol. The Morgan fingerprint density at radius 1 is 0.886 bits per heavy atom. The van der Waals surface area contributed by atoms with E-state index in [1.54, 1.807) is 49.4 Å². The van der Waals surface area contributed by atoms with E-state index in [9.17, 15) is 18.0 Å². The Balaban J connectivity index is 1.72. The van der Waals surface area contributed by atoms with Crippen LogP contribution in [0.2, 0.25) is 10.0 Å². The number of sulfonamides is 1. The Hall–Kier alpha value is -3.07. The first-order chi connectivity index (χ1) is 20.9. The number of halogens is 2. The standard InChI is InChI=1S/C34H41Cl2N3O4S/c1-23(2)26-15-17-28(18-16-26)39(44(42,43)29-19-13-24(3)14-20-29)22-33(40)38(21-30-31(35)11-8-12-32(30)36)25(4)34(41)37-27-9-6-5-7-10-27/h8,11-20,23,25,27H,5-7,9-10,21-22H2,1-4H3,(H,37,41)/t25-/m1/s1. The second-order valence-corrected chi connectivity index (χ2v) is 14.5. The number of carbonyl (C=O) groups is 2. The fraction of sp³-hybridized carbons (Fsp3) is 0.412. The number of nitrogens with zero attached hydrogens (tertiary/aromatic N) is 2. The van der Waals surface area contributed by atoms with Crippen LogP contribution in [0.5, 0.6) is 0 Å². The van der Waals surface area contributed by atoms with E-state index >= 15 is 0 Å². The SMILES string of the molecule is Cc1ccc(S(=O)(=O)N(CC(=O)N(Cc2c(Cl)cccc2Cl)[C@H](C)C(=O)NC2CCCCC2)c2ccc(C(C)C)cc2)cc1. The molecule has 10 heteroatoms. The highest BCUT2D eigenvalue weighted by Gasteiger charge is 2.34. The third-order valence-electron chi connectivity index (χ3n) is 8.24. The molecule has 236 valence electrons. The molecule has 0 aliphatic heterocycles. The van der Waals surface area contributed by atoms with Crippen molar-refractivity contribution in [2.45, 2.75) is 89.2 Å². The minimum Gasteiger partial charge on any atom is -0.352 e. The van der Waals surface area contributed by atoms with Crippen molar-refractivity contribution in [3.8, 4) is 0 Å². The van der Waals surface area contributed by atoms with Crippen LogP contribution in [0.15, 0.2) is 71.6 Å². The van der Waals surface area contributed by atoms with E-state index in [-0.39, 0.29) is 29.3 Å². The molecule has 1 aliphatic carbocycles. The number of anilines is 1. The zero-order chi connectivity index (χ0) is 32.0. The van der Waals surface area contributed by atoms with Gasteiger partial charge >= 0.3 is 0 Å². The normalized spacial score (nSPS) is 14.7. The van der Waals surface area contributed by atoms with Crippen molar-refractivity contribution in [2.24, 2.45) is 0 Å². The molecular formula is C34H41Cl2N3O4S. The van der Waals surface area contributed by atoms with Crippen LogP contribution in [-0.4, -0.2) is 43.8 Å². The van der Waals surface area contributed by atoms with Crippen molar-refractivity contribution in [2.75, 3.05) is 10.8 Å². The van der Waals surface area contributed by atoms with Gasteiger partial charge in [-0.1, -0.05) is 92.2 Å². The minimum absolute atomic E-state index is 0.0393. The first-order valence-corrected chi connectivity index (χ1v) is 17.3. The fourth-order valence-electron chi connectivity index (χ4n) is 5.40. The number of aryl methyl sites for hydroxylation is 1. The second-order valence-electron chi connectivity index (χ2n) is 11.8. The lowest BCUT2D eigenvalue weighted by atomic mass is 9.95. The predicted molar refractivity (Wildman–Crippen MR) is 178 cm³/mol. The highest BCUT2D eigenvalue weighted by Crippen LogP contribution is 2.29. The van der Waals surface area contributed by atoms with Crippen LogP contribution in [0.25, 0.3) is 0 Å². The molecule has 7 nitrogen and oxygen atoms in total. The summed E-state index contributed by atoms with van der Waals surface area (Å²) in [4.78, 5) is 29.2. The van der Waals surface area contributed by atoms with Crippen LogP contribution in [0.3, 0.4) is 0 Å². The van der Waals surface area contributed by atoms with Crippen LogP contribution in [0.4, 0.5) is 5.69 Å². The first-order valence-electron chi connectivity index (χ1n) is 15.1. The van der Waals surface area contributed by atoms with E-state index in [1.165, 1.54) is 17.0 Å². The lowest BCUT2D eigenvalue weighted by molar-refractivity contribution is -0.139. The van der Waals surface area contributed by atoms with Crippen LogP contribution in [0.1, 0.15) is 75.5 Å². The second kappa shape index (κ2) is 14.8. The van der Waals surface area contributed by atoms with Gasteiger partial charge in [-0.2, -0.15) is 0 Å². The molecule has 0 saturated heterocycles. The maximum Gasteiger partial charge on any atom is 0.264 e. The quantitative estimate of drug-likeness (QED) is 0.231. The van der Waals surface area contributed by atoms with Gasteiger partial charge in [-0.15, -0.1) is 0 Å². The molecule has 3 aromatic rings. The van der Waals surface area contributed by atoms with E-state index < -0.39 is 28.5 Å². The molecular weight excluding hydrogens is 617 g/mol. The summed E-state index contributed by atoms with van der Waals surface area (Å²) in [5.74, 6) is -0.620. The summed E-state index contributed by atoms with van der Waals surface area (Å²) in [6.45, 7) is 7.03. The van der Waals surface area contributed by atoms with Crippen molar-refractivity contribution in [1.29, 1.82) is 0 Å². The largest absolute Gasteiger partial charge is 0.352 e. The van der Waals surface area contributed by atoms with Gasteiger partial charge in [-0.25, -0.2) is 8.42 Å². The monoisotopic (exact) mass is 657 g/mol. The number of carbonyl (C=O) groups excluding carboxylic acids is 2. The Morgan fingerprint density at radius 2 is 1.48 bits per heavy atom. The average Bonchev–Trinajstić information content (AvgIpc) is 3.00. The molecule has 0 unspecified atom stereocenters. The van der Waals surface area contributed by atoms with Gasteiger partial charge in [-0.3, -0.25) is 13.9 Å². The molecule has 44 heavy (non-hydrogen) atoms. The third-order valence-corrected chi connectivity index (χ3v) is 10.7. The Kier molecular flexibility index (Phi) is 11.4. The summed E-state index contributed by atoms with van der Waals surface area (Å²) in [6, 6.07) is 17.8. The van der Waals surface area contributed by atoms with Gasteiger partial charge in [0.25, 0.3) is 10.0 Å². The number of hydrogen-bond acceptors (Lipinski definition) is 4. The van der Waals surface area contributed by atoms with Crippen molar-refractivity contribution < 1.29 is 18.0 Å². The zero-order valence-electron chi connectivity index (χ0n) is 25.7. The number of amides is 2. The molecule has 0 aromatic heterocycles. The summed E-state index contributed by atoms with van der Waals surface area (Å²) in [7, 11) is -4.16. The van der Waals surface area contributed by atoms with Gasteiger partial charge in [0, 0.05) is 28.2 Å². The molecule has 2 amide bonds. The van der Waals surface area contributed by atoms with Gasteiger partial charge in [0.1, 0.15) is 12.6 Å². The summed E-state index contributed by atoms with van der Waals surface area (Å²) >= 11 is 13.0. The Morgan fingerprint density at radius 3 is 2.05 bits per heavy atom. The smallest absolute Gasteiger partial charge is 0.264 e. The van der Waals surface area contributed by atoms with Crippen LogP contribution >= 0.6 is 23.2 Å². The molecule has 1 atom stereocenters. The van der Waals surface area contributed by atoms with Gasteiger partial charge < -0.3 is 10.2 Å². The van der Waals surface area contributed by atoms with Gasteiger partial charge in [0.2, 0.25) is 11.8 Å². The molecule has 0 spiro atoms. The third kappa shape index (κ3) is 8.14. The Labute approximate surface area is 271 Å². The number of nitrogens with one attached hydrogen (secondary N) is 1. The molecule has 0 radical (unpaired) electrons. The number of hydrogen-bond donors (Lipinski definition) is 1. The van der Waals surface area contributed by atoms with Crippen LogP contribution < -0.4 is 9.62 Å². The van der Waals surface area contributed by atoms with Crippen LogP contribution in [-0.2, 0) is 26.2 Å². The van der Waals surface area contributed by atoms with Gasteiger partial charge in [0.05, 0.1) is 10.6 Å². The first kappa shape index (κ1) is 33.8. The van der Waals surface area contributed by atoms with E-state index in [2.05, 4.69) is 19.2 Å². The molecule has 4 rings (SSSR count). The van der Waals surface area contributed by atoms with Crippen molar-refractivity contribution in [3.05, 3.63) is 93.5 Å². The number of rotatable bonds is 11. The summed E-state index contributed by atoms with van der Waals surface area (Å²) < 4.78 is 29.3. The fourth-order valence-corrected chi connectivity index (χ4v) is 7.33. The van der Waals surface area contributed by atoms with Crippen LogP contribution in [0, 0.1) is 6.92 Å². The molecule has 3 aromatic carbocycles. The molecule has 1 aliphatic rings. The molecule has 1 fully saturated rings. The maximum atomic E-state index is 14.3. The minimum atomic E-state index is -4.16. The van der Waals surface area contributed by atoms with E-state index in [0.29, 0.717) is 21.3 Å². The maximum absolute atomic E-state index is 14.3. The Bertz CT molecular complexity index is 1530. The summed E-state index contributed by atoms with van der Waals surface area (Å²) in [5, 5.41) is 3.80. The topological polar surface area (TPSA) is 86.8 Å². The van der Waals surface area contributed by atoms with Crippen molar-refractivity contribution >= 4 is 50.7 Å². The van der Waals surface area contributed by atoms with E-state index in [4.69, 9.17) is 23.2 Å². The van der Waals surface area contributed by atoms with Gasteiger partial charge in [-0.05, 0) is 74.6 Å². The highest BCUT2D eigenvalue weighted by atomic mass is 35.5. The summed E-state index contributed by atoms with van der Waals surface area (Å²) in [5.41, 5.74) is 2.78. The van der Waals surface area contributed by atoms with Crippen molar-refractivity contribution in [1.82, 2.24) is 10.2 Å². The zero-order valence-corrected chi connectivity index (χ0v) is 28.1. The number of benzene rings is 3. The lowest BCUT2D eigenvalue weighted by Gasteiger charge is -2.33. The molecule has 1 saturated carbocycles. The van der Waals surface area contributed by atoms with Crippen molar-refractivity contribution in [3.63, 3.8) is 0 Å². The lowest BCUT2D eigenvalue weighted by Crippen LogP contribution is -2.53. The molecule has 0 bridgehead atoms. The summed E-state index contributed by atoms with van der Waals surface area (Å²) in [6.07, 6.45) is 4.99. The predicted octanol–water partition coefficient (Wildman–Crippen LogP) is 7.49.